The summed E-state index contributed by atoms with van der Waals surface area (Å²) in [7, 11) is 4.14. The second-order valence-corrected chi connectivity index (χ2v) is 14.1. The van der Waals surface area contributed by atoms with E-state index in [0.717, 1.165) is 0 Å². The molecule has 268 valence electrons. The number of rotatable bonds is 17. The molecule has 0 rings (SSSR count). The summed E-state index contributed by atoms with van der Waals surface area (Å²) >= 11 is 0. The van der Waals surface area contributed by atoms with E-state index in [1.165, 1.54) is 21.3 Å². The highest BCUT2D eigenvalue weighted by molar-refractivity contribution is 5.91. The van der Waals surface area contributed by atoms with Crippen LogP contribution in [0.2, 0.25) is 0 Å². The molecule has 0 aromatic carbocycles. The predicted octanol–water partition coefficient (Wildman–Crippen LogP) is 3.73. The third kappa shape index (κ3) is 27.1. The van der Waals surface area contributed by atoms with Crippen molar-refractivity contribution < 1.29 is 66.7 Å². The monoisotopic (exact) mass is 664 g/mol. The van der Waals surface area contributed by atoms with Gasteiger partial charge in [0.1, 0.15) is 30.1 Å². The topological polar surface area (TPSA) is 176 Å². The van der Waals surface area contributed by atoms with Gasteiger partial charge in [0.15, 0.2) is 0 Å². The van der Waals surface area contributed by atoms with Crippen LogP contribution in [0.1, 0.15) is 94.9 Å². The van der Waals surface area contributed by atoms with Gasteiger partial charge in [0, 0.05) is 25.0 Å². The van der Waals surface area contributed by atoms with Gasteiger partial charge in [-0.3, -0.25) is 28.8 Å². The molecular weight excluding hydrogens is 608 g/mol. The molecule has 0 unspecified atom stereocenters. The molecule has 0 spiro atoms. The first-order valence-corrected chi connectivity index (χ1v) is 14.8. The molecule has 14 heteroatoms. The summed E-state index contributed by atoms with van der Waals surface area (Å²) in [6, 6.07) is 0. The van der Waals surface area contributed by atoms with Gasteiger partial charge in [0.25, 0.3) is 0 Å². The molecule has 0 aromatic rings. The third-order valence-corrected chi connectivity index (χ3v) is 5.14. The molecule has 46 heavy (non-hydrogen) atoms. The highest BCUT2D eigenvalue weighted by atomic mass is 16.6. The fourth-order valence-corrected chi connectivity index (χ4v) is 3.32. The van der Waals surface area contributed by atoms with Gasteiger partial charge in [-0.15, -0.1) is 0 Å². The number of ether oxygens (including phenoxy) is 8. The van der Waals surface area contributed by atoms with E-state index in [1.807, 2.05) is 0 Å². The average molecular weight is 665 g/mol. The molecule has 14 nitrogen and oxygen atoms in total. The molecule has 0 saturated carbocycles. The van der Waals surface area contributed by atoms with E-state index < -0.39 is 64.9 Å². The van der Waals surface area contributed by atoms with E-state index in [1.54, 1.807) is 69.2 Å². The first kappa shape index (κ1) is 44.9. The number of carbonyl (C=O) groups excluding carboxylic acids is 6. The van der Waals surface area contributed by atoms with Crippen LogP contribution in [0.15, 0.2) is 0 Å². The highest BCUT2D eigenvalue weighted by Crippen LogP contribution is 2.24. The Morgan fingerprint density at radius 1 is 0.500 bits per heavy atom. The van der Waals surface area contributed by atoms with E-state index in [2.05, 4.69) is 4.74 Å². The highest BCUT2D eigenvalue weighted by Gasteiger charge is 2.29. The lowest BCUT2D eigenvalue weighted by molar-refractivity contribution is -0.165. The van der Waals surface area contributed by atoms with E-state index in [4.69, 9.17) is 33.2 Å². The van der Waals surface area contributed by atoms with Gasteiger partial charge in [-0.25, -0.2) is 0 Å². The molecular formula is C32H56O14. The van der Waals surface area contributed by atoms with Crippen molar-refractivity contribution in [3.63, 3.8) is 0 Å². The summed E-state index contributed by atoms with van der Waals surface area (Å²) in [5.41, 5.74) is -2.30. The Bertz CT molecular complexity index is 980. The molecule has 0 heterocycles. The summed E-state index contributed by atoms with van der Waals surface area (Å²) in [4.78, 5) is 69.4. The van der Waals surface area contributed by atoms with Crippen LogP contribution in [0.25, 0.3) is 0 Å². The Morgan fingerprint density at radius 2 is 0.848 bits per heavy atom. The van der Waals surface area contributed by atoms with Gasteiger partial charge in [0.05, 0.1) is 46.4 Å². The molecule has 0 aliphatic rings. The van der Waals surface area contributed by atoms with Crippen LogP contribution in [0.3, 0.4) is 0 Å². The average Bonchev–Trinajstić information content (AvgIpc) is 2.84. The molecule has 0 bridgehead atoms. The quantitative estimate of drug-likeness (QED) is 0.125. The summed E-state index contributed by atoms with van der Waals surface area (Å²) in [5, 5.41) is 0. The molecule has 0 aliphatic heterocycles. The lowest BCUT2D eigenvalue weighted by Gasteiger charge is -2.26. The molecule has 0 N–H and O–H groups in total. The molecule has 0 fully saturated rings. The number of hydrogen-bond acceptors (Lipinski definition) is 14. The largest absolute Gasteiger partial charge is 0.469 e. The minimum atomic E-state index is -0.723. The summed E-state index contributed by atoms with van der Waals surface area (Å²) in [6.07, 6.45) is -1.33. The van der Waals surface area contributed by atoms with Gasteiger partial charge in [-0.1, -0.05) is 27.7 Å². The van der Waals surface area contributed by atoms with E-state index in [9.17, 15) is 28.8 Å². The standard InChI is InChI=1S/C18H32O8.C14H24O6/c1-17(2,3)26-16(21)9-18(4,5)12-24-14(19)8-15(20)25-13(10-22-6)11-23-7;1-13(2,3)20-12(17)8-14(4,5)9-19-11(16)7-10(15)18-6/h13H,8-12H2,1-7H3;7-9H2,1-6H3. The summed E-state index contributed by atoms with van der Waals surface area (Å²) < 4.78 is 39.8. The number of carbonyl (C=O) groups is 6. The van der Waals surface area contributed by atoms with Crippen molar-refractivity contribution in [1.29, 1.82) is 0 Å². The van der Waals surface area contributed by atoms with Gasteiger partial charge in [-0.2, -0.15) is 0 Å². The van der Waals surface area contributed by atoms with Crippen molar-refractivity contribution in [2.45, 2.75) is 112 Å². The Labute approximate surface area is 273 Å². The maximum absolute atomic E-state index is 11.9. The zero-order valence-corrected chi connectivity index (χ0v) is 29.9. The van der Waals surface area contributed by atoms with Crippen LogP contribution >= 0.6 is 0 Å². The third-order valence-electron chi connectivity index (χ3n) is 5.14. The molecule has 0 aromatic heterocycles. The molecule has 0 atom stereocenters. The Morgan fingerprint density at radius 3 is 1.15 bits per heavy atom. The number of hydrogen-bond donors (Lipinski definition) is 0. The van der Waals surface area contributed by atoms with E-state index >= 15 is 0 Å². The molecule has 0 saturated heterocycles. The lowest BCUT2D eigenvalue weighted by atomic mass is 9.90. The number of esters is 6. The van der Waals surface area contributed by atoms with Crippen molar-refractivity contribution in [2.24, 2.45) is 10.8 Å². The fourth-order valence-electron chi connectivity index (χ4n) is 3.32. The van der Waals surface area contributed by atoms with Crippen LogP contribution < -0.4 is 0 Å². The number of methoxy groups -OCH3 is 3. The van der Waals surface area contributed by atoms with Crippen molar-refractivity contribution in [2.75, 3.05) is 47.8 Å². The SMILES string of the molecule is COC(=O)CC(=O)OCC(C)(C)CC(=O)OC(C)(C)C.COCC(COC)OC(=O)CC(=O)OCC(C)(C)CC(=O)OC(C)(C)C. The summed E-state index contributed by atoms with van der Waals surface area (Å²) in [6.45, 7) is 18.2. The van der Waals surface area contributed by atoms with Gasteiger partial charge < -0.3 is 37.9 Å². The minimum Gasteiger partial charge on any atom is -0.469 e. The lowest BCUT2D eigenvalue weighted by Crippen LogP contribution is -2.31. The zero-order valence-electron chi connectivity index (χ0n) is 29.9. The minimum absolute atomic E-state index is 0.0159. The van der Waals surface area contributed by atoms with Crippen LogP contribution in [0, 0.1) is 10.8 Å². The summed E-state index contributed by atoms with van der Waals surface area (Å²) in [5.74, 6) is -3.50. The Hall–Kier alpha value is -3.26. The fraction of sp³-hybridized carbons (Fsp3) is 0.812. The van der Waals surface area contributed by atoms with Gasteiger partial charge in [0.2, 0.25) is 0 Å². The Kier molecular flexibility index (Phi) is 20.3. The van der Waals surface area contributed by atoms with Gasteiger partial charge >= 0.3 is 35.8 Å². The molecule has 0 aliphatic carbocycles. The van der Waals surface area contributed by atoms with Crippen molar-refractivity contribution in [3.8, 4) is 0 Å². The van der Waals surface area contributed by atoms with Crippen molar-refractivity contribution in [1.82, 2.24) is 0 Å². The van der Waals surface area contributed by atoms with Crippen molar-refractivity contribution >= 4 is 35.8 Å². The van der Waals surface area contributed by atoms with E-state index in [0.29, 0.717) is 0 Å². The van der Waals surface area contributed by atoms with Crippen LogP contribution in [-0.2, 0) is 66.7 Å². The van der Waals surface area contributed by atoms with Crippen molar-refractivity contribution in [3.05, 3.63) is 0 Å². The van der Waals surface area contributed by atoms with Crippen LogP contribution in [0.5, 0.6) is 0 Å². The predicted molar refractivity (Wildman–Crippen MR) is 165 cm³/mol. The second kappa shape index (κ2) is 20.8. The van der Waals surface area contributed by atoms with Crippen LogP contribution in [0.4, 0.5) is 0 Å². The normalized spacial score (nSPS) is 11.9. The van der Waals surface area contributed by atoms with Crippen LogP contribution in [-0.4, -0.2) is 101 Å². The molecule has 0 radical (unpaired) electrons. The maximum Gasteiger partial charge on any atom is 0.317 e. The van der Waals surface area contributed by atoms with Gasteiger partial charge in [-0.05, 0) is 41.5 Å². The smallest absolute Gasteiger partial charge is 0.317 e. The zero-order chi connectivity index (χ0) is 36.4. The first-order valence-electron chi connectivity index (χ1n) is 14.8. The maximum atomic E-state index is 11.9. The van der Waals surface area contributed by atoms with E-state index in [-0.39, 0.29) is 51.2 Å². The first-order chi connectivity index (χ1) is 20.8. The Balaban J connectivity index is 0. The molecule has 0 amide bonds. The second-order valence-electron chi connectivity index (χ2n) is 14.1.